The van der Waals surface area contributed by atoms with E-state index in [1.165, 1.54) is 0 Å². The highest BCUT2D eigenvalue weighted by Gasteiger charge is 2.29. The van der Waals surface area contributed by atoms with Gasteiger partial charge in [0.25, 0.3) is 5.91 Å². The van der Waals surface area contributed by atoms with Crippen molar-refractivity contribution in [2.24, 2.45) is 13.0 Å². The van der Waals surface area contributed by atoms with Crippen LogP contribution in [-0.2, 0) is 7.05 Å². The molecular formula is C17H24N4O. The van der Waals surface area contributed by atoms with E-state index in [1.807, 2.05) is 36.0 Å². The van der Waals surface area contributed by atoms with E-state index in [-0.39, 0.29) is 5.91 Å². The minimum absolute atomic E-state index is 0.00215. The van der Waals surface area contributed by atoms with Gasteiger partial charge in [-0.1, -0.05) is 6.07 Å². The molecule has 3 rings (SSSR count). The van der Waals surface area contributed by atoms with E-state index in [0.29, 0.717) is 24.5 Å². The van der Waals surface area contributed by atoms with Gasteiger partial charge in [0.2, 0.25) is 0 Å². The highest BCUT2D eigenvalue weighted by molar-refractivity contribution is 5.98. The number of hydrogen-bond acceptors (Lipinski definition) is 3. The predicted octanol–water partition coefficient (Wildman–Crippen LogP) is 1.80. The molecule has 0 bridgehead atoms. The van der Waals surface area contributed by atoms with Crippen LogP contribution in [0.1, 0.15) is 30.6 Å². The number of amides is 1. The zero-order chi connectivity index (χ0) is 15.7. The third kappa shape index (κ3) is 2.87. The zero-order valence-electron chi connectivity index (χ0n) is 13.4. The fourth-order valence-corrected chi connectivity index (χ4v) is 3.27. The van der Waals surface area contributed by atoms with Crippen molar-refractivity contribution in [2.45, 2.75) is 32.4 Å². The highest BCUT2D eigenvalue weighted by atomic mass is 16.1. The lowest BCUT2D eigenvalue weighted by Gasteiger charge is -2.17. The van der Waals surface area contributed by atoms with Gasteiger partial charge in [0.1, 0.15) is 0 Å². The lowest BCUT2D eigenvalue weighted by atomic mass is 9.93. The summed E-state index contributed by atoms with van der Waals surface area (Å²) in [5, 5.41) is 4.20. The molecule has 5 heteroatoms. The Morgan fingerprint density at radius 1 is 1.23 bits per heavy atom. The molecule has 2 unspecified atom stereocenters. The van der Waals surface area contributed by atoms with Crippen molar-refractivity contribution in [1.29, 1.82) is 0 Å². The summed E-state index contributed by atoms with van der Waals surface area (Å²) in [6.45, 7) is 5.05. The van der Waals surface area contributed by atoms with Gasteiger partial charge in [-0.05, 0) is 49.8 Å². The van der Waals surface area contributed by atoms with Crippen molar-refractivity contribution < 1.29 is 4.79 Å². The first-order valence-corrected chi connectivity index (χ1v) is 7.90. The van der Waals surface area contributed by atoms with Gasteiger partial charge < -0.3 is 9.88 Å². The Morgan fingerprint density at radius 2 is 1.95 bits per heavy atom. The molecule has 22 heavy (non-hydrogen) atoms. The summed E-state index contributed by atoms with van der Waals surface area (Å²) in [5.41, 5.74) is 8.30. The first-order valence-electron chi connectivity index (χ1n) is 7.90. The number of rotatable bonds is 4. The normalized spacial score (nSPS) is 24.8. The maximum absolute atomic E-state index is 12.3. The smallest absolute Gasteiger partial charge is 0.251 e. The molecule has 2 aromatic rings. The quantitative estimate of drug-likeness (QED) is 0.807. The molecule has 1 aromatic heterocycles. The van der Waals surface area contributed by atoms with Crippen LogP contribution in [0.5, 0.6) is 0 Å². The van der Waals surface area contributed by atoms with Gasteiger partial charge >= 0.3 is 0 Å². The molecule has 118 valence electrons. The molecule has 2 atom stereocenters. The van der Waals surface area contributed by atoms with Crippen molar-refractivity contribution in [3.05, 3.63) is 36.0 Å². The van der Waals surface area contributed by atoms with Gasteiger partial charge in [-0.3, -0.25) is 15.6 Å². The van der Waals surface area contributed by atoms with Gasteiger partial charge in [-0.25, -0.2) is 0 Å². The Labute approximate surface area is 131 Å². The Bertz CT molecular complexity index is 668. The molecule has 0 radical (unpaired) electrons. The molecule has 5 nitrogen and oxygen atoms in total. The summed E-state index contributed by atoms with van der Waals surface area (Å²) in [4.78, 5) is 12.3. The maximum atomic E-state index is 12.3. The molecule has 1 amide bonds. The Hall–Kier alpha value is -1.85. The van der Waals surface area contributed by atoms with Crippen LogP contribution in [0.25, 0.3) is 10.9 Å². The van der Waals surface area contributed by atoms with Gasteiger partial charge in [0.05, 0.1) is 0 Å². The van der Waals surface area contributed by atoms with E-state index in [0.717, 1.165) is 22.9 Å². The monoisotopic (exact) mass is 300 g/mol. The van der Waals surface area contributed by atoms with Crippen LogP contribution in [0.15, 0.2) is 30.5 Å². The first kappa shape index (κ1) is 15.1. The summed E-state index contributed by atoms with van der Waals surface area (Å²) in [5.74, 6) is 0.540. The molecule has 0 spiro atoms. The lowest BCUT2D eigenvalue weighted by Crippen LogP contribution is -2.30. The number of aryl methyl sites for hydroxylation is 1. The molecule has 0 aliphatic carbocycles. The average molecular weight is 300 g/mol. The molecule has 0 saturated carbocycles. The third-order valence-electron chi connectivity index (χ3n) is 4.74. The summed E-state index contributed by atoms with van der Waals surface area (Å²) in [6.07, 6.45) is 2.98. The molecule has 1 aliphatic heterocycles. The van der Waals surface area contributed by atoms with Crippen LogP contribution < -0.4 is 16.2 Å². The van der Waals surface area contributed by atoms with Crippen molar-refractivity contribution >= 4 is 16.8 Å². The number of benzene rings is 1. The summed E-state index contributed by atoms with van der Waals surface area (Å²) >= 11 is 0. The number of fused-ring (bicyclic) bond motifs is 1. The second-order valence-corrected chi connectivity index (χ2v) is 6.27. The number of carbonyl (C=O) groups excluding carboxylic acids is 1. The summed E-state index contributed by atoms with van der Waals surface area (Å²) in [6, 6.07) is 8.77. The zero-order valence-corrected chi connectivity index (χ0v) is 13.4. The Kier molecular flexibility index (Phi) is 4.18. The van der Waals surface area contributed by atoms with E-state index in [4.69, 9.17) is 0 Å². The molecule has 1 fully saturated rings. The van der Waals surface area contributed by atoms with E-state index < -0.39 is 0 Å². The minimum atomic E-state index is 0.00215. The van der Waals surface area contributed by atoms with Gasteiger partial charge in [-0.2, -0.15) is 0 Å². The van der Waals surface area contributed by atoms with Crippen LogP contribution in [0, 0.1) is 5.92 Å². The van der Waals surface area contributed by atoms with Crippen LogP contribution >= 0.6 is 0 Å². The van der Waals surface area contributed by atoms with Crippen molar-refractivity contribution in [1.82, 2.24) is 20.7 Å². The second kappa shape index (κ2) is 6.10. The van der Waals surface area contributed by atoms with Crippen molar-refractivity contribution in [2.75, 3.05) is 6.54 Å². The molecule has 2 heterocycles. The standard InChI is InChI=1S/C17H24N4O/c1-11-15(12(2)20-19-11)6-8-18-17(22)14-5-4-13-7-9-21(3)16(13)10-14/h4-5,7,9-12,15,19-20H,6,8H2,1-3H3,(H,18,22). The van der Waals surface area contributed by atoms with E-state index >= 15 is 0 Å². The minimum Gasteiger partial charge on any atom is -0.352 e. The largest absolute Gasteiger partial charge is 0.352 e. The summed E-state index contributed by atoms with van der Waals surface area (Å²) < 4.78 is 2.03. The van der Waals surface area contributed by atoms with Gasteiger partial charge in [0.15, 0.2) is 0 Å². The SMILES string of the molecule is CC1NNC(C)C1CCNC(=O)c1ccc2ccn(C)c2c1. The van der Waals surface area contributed by atoms with Gasteiger partial charge in [0, 0.05) is 43.0 Å². The van der Waals surface area contributed by atoms with E-state index in [2.05, 4.69) is 36.1 Å². The summed E-state index contributed by atoms with van der Waals surface area (Å²) in [7, 11) is 1.99. The number of nitrogens with zero attached hydrogens (tertiary/aromatic N) is 1. The van der Waals surface area contributed by atoms with Crippen molar-refractivity contribution in [3.63, 3.8) is 0 Å². The molecule has 3 N–H and O–H groups in total. The second-order valence-electron chi connectivity index (χ2n) is 6.27. The number of hydrazine groups is 1. The fourth-order valence-electron chi connectivity index (χ4n) is 3.27. The van der Waals surface area contributed by atoms with E-state index in [1.54, 1.807) is 0 Å². The maximum Gasteiger partial charge on any atom is 0.251 e. The first-order chi connectivity index (χ1) is 10.6. The Balaban J connectivity index is 1.60. The predicted molar refractivity (Wildman–Crippen MR) is 88.6 cm³/mol. The lowest BCUT2D eigenvalue weighted by molar-refractivity contribution is 0.0951. The van der Waals surface area contributed by atoms with Crippen LogP contribution in [0.2, 0.25) is 0 Å². The molecule has 1 aliphatic rings. The highest BCUT2D eigenvalue weighted by Crippen LogP contribution is 2.18. The van der Waals surface area contributed by atoms with Crippen LogP contribution in [0.3, 0.4) is 0 Å². The number of aromatic nitrogens is 1. The van der Waals surface area contributed by atoms with Crippen LogP contribution in [-0.4, -0.2) is 29.1 Å². The number of carbonyl (C=O) groups is 1. The topological polar surface area (TPSA) is 58.1 Å². The van der Waals surface area contributed by atoms with E-state index in [9.17, 15) is 4.79 Å². The van der Waals surface area contributed by atoms with Crippen LogP contribution in [0.4, 0.5) is 0 Å². The fraction of sp³-hybridized carbons (Fsp3) is 0.471. The van der Waals surface area contributed by atoms with Gasteiger partial charge in [-0.15, -0.1) is 0 Å². The molecule has 1 saturated heterocycles. The third-order valence-corrected chi connectivity index (χ3v) is 4.74. The number of hydrogen-bond donors (Lipinski definition) is 3. The average Bonchev–Trinajstić information content (AvgIpc) is 3.04. The van der Waals surface area contributed by atoms with Crippen molar-refractivity contribution in [3.8, 4) is 0 Å². The number of nitrogens with one attached hydrogen (secondary N) is 3. The Morgan fingerprint density at radius 3 is 2.68 bits per heavy atom. The molecular weight excluding hydrogens is 276 g/mol. The molecule has 1 aromatic carbocycles.